The number of hydrogen-bond acceptors (Lipinski definition) is 0. The fraction of sp³-hybridized carbons (Fsp3) is 0. The molecule has 0 saturated carbocycles. The van der Waals surface area contributed by atoms with Gasteiger partial charge in [-0.3, -0.25) is 0 Å². The van der Waals surface area contributed by atoms with Crippen molar-refractivity contribution in [1.29, 1.82) is 0 Å². The molecule has 0 aromatic heterocycles. The molecule has 5 aromatic carbocycles. The van der Waals surface area contributed by atoms with Gasteiger partial charge in [-0.05, 0) is 45.1 Å². The van der Waals surface area contributed by atoms with E-state index in [1.165, 1.54) is 43.5 Å². The fourth-order valence-electron chi connectivity index (χ4n) is 5.14. The summed E-state index contributed by atoms with van der Waals surface area (Å²) >= 11 is 0. The van der Waals surface area contributed by atoms with Gasteiger partial charge in [0.2, 0.25) is 0 Å². The Morgan fingerprint density at radius 1 is 0.281 bits per heavy atom. The van der Waals surface area contributed by atoms with Crippen LogP contribution in [0.15, 0.2) is 140 Å². The molecular formula is C31H23P. The standard InChI is InChI=1S/C31H23P/c1-4-14-24(15-5-1)32(25-16-6-2-7-17-25,26-18-8-3-9-19-26)31-29-22-12-10-20-27(29)28-21-11-13-23-30(28)31/h1-23H. The Hall–Kier alpha value is -3.60. The first-order chi connectivity index (χ1) is 15.9. The third kappa shape index (κ3) is 2.77. The van der Waals surface area contributed by atoms with Gasteiger partial charge in [0.25, 0.3) is 0 Å². The summed E-state index contributed by atoms with van der Waals surface area (Å²) in [7, 11) is 0. The lowest BCUT2D eigenvalue weighted by Crippen LogP contribution is -2.30. The molecule has 0 atom stereocenters. The molecule has 0 heterocycles. The van der Waals surface area contributed by atoms with Crippen molar-refractivity contribution >= 4 is 28.1 Å². The Balaban J connectivity index is 1.93. The first kappa shape index (κ1) is 19.1. The highest BCUT2D eigenvalue weighted by Gasteiger charge is 2.35. The Labute approximate surface area is 189 Å². The van der Waals surface area contributed by atoms with Crippen LogP contribution in [-0.4, -0.2) is 5.29 Å². The van der Waals surface area contributed by atoms with E-state index in [2.05, 4.69) is 140 Å². The van der Waals surface area contributed by atoms with E-state index in [9.17, 15) is 0 Å². The van der Waals surface area contributed by atoms with Gasteiger partial charge in [0.15, 0.2) is 0 Å². The predicted molar refractivity (Wildman–Crippen MR) is 140 cm³/mol. The minimum absolute atomic E-state index is 1.34. The van der Waals surface area contributed by atoms with E-state index in [0.717, 1.165) is 0 Å². The van der Waals surface area contributed by atoms with Crippen LogP contribution in [0.25, 0.3) is 11.1 Å². The molecule has 6 rings (SSSR count). The minimum Gasteiger partial charge on any atom is -0.0622 e. The molecular weight excluding hydrogens is 403 g/mol. The van der Waals surface area contributed by atoms with Crippen LogP contribution in [0, 0.1) is 0 Å². The Morgan fingerprint density at radius 2 is 0.562 bits per heavy atom. The highest BCUT2D eigenvalue weighted by Crippen LogP contribution is 2.53. The lowest BCUT2D eigenvalue weighted by atomic mass is 10.1. The molecule has 5 aromatic rings. The van der Waals surface area contributed by atoms with Crippen molar-refractivity contribution in [1.82, 2.24) is 0 Å². The molecule has 32 heavy (non-hydrogen) atoms. The maximum absolute atomic E-state index is 2.32. The van der Waals surface area contributed by atoms with Gasteiger partial charge in [-0.1, -0.05) is 140 Å². The highest BCUT2D eigenvalue weighted by atomic mass is 31.2. The van der Waals surface area contributed by atoms with Gasteiger partial charge in [0.1, 0.15) is 0 Å². The zero-order valence-electron chi connectivity index (χ0n) is 17.7. The van der Waals surface area contributed by atoms with Crippen LogP contribution >= 0.6 is 6.89 Å². The summed E-state index contributed by atoms with van der Waals surface area (Å²) < 4.78 is 0. The third-order valence-corrected chi connectivity index (χ3v) is 10.8. The second-order valence-electron chi connectivity index (χ2n) is 8.12. The van der Waals surface area contributed by atoms with Gasteiger partial charge < -0.3 is 0 Å². The molecule has 1 aliphatic carbocycles. The Bertz CT molecular complexity index is 1300. The van der Waals surface area contributed by atoms with E-state index in [-0.39, 0.29) is 0 Å². The number of benzene rings is 5. The Kier molecular flexibility index (Phi) is 4.67. The lowest BCUT2D eigenvalue weighted by molar-refractivity contribution is 1.65. The topological polar surface area (TPSA) is 0 Å². The molecule has 0 amide bonds. The zero-order valence-corrected chi connectivity index (χ0v) is 18.6. The first-order valence-electron chi connectivity index (χ1n) is 11.0. The smallest absolute Gasteiger partial charge is 0.000234 e. The first-order valence-corrected chi connectivity index (χ1v) is 12.8. The molecule has 152 valence electrons. The predicted octanol–water partition coefficient (Wildman–Crippen LogP) is 6.23. The van der Waals surface area contributed by atoms with Crippen LogP contribution in [0.3, 0.4) is 0 Å². The number of rotatable bonds is 3. The van der Waals surface area contributed by atoms with Gasteiger partial charge in [-0.2, -0.15) is 0 Å². The van der Waals surface area contributed by atoms with Crippen molar-refractivity contribution in [2.45, 2.75) is 0 Å². The summed E-state index contributed by atoms with van der Waals surface area (Å²) in [5.41, 5.74) is 5.40. The average molecular weight is 426 g/mol. The van der Waals surface area contributed by atoms with Crippen LogP contribution in [-0.2, 0) is 0 Å². The molecule has 0 aliphatic heterocycles. The monoisotopic (exact) mass is 426 g/mol. The van der Waals surface area contributed by atoms with Crippen molar-refractivity contribution in [3.05, 3.63) is 151 Å². The number of fused-ring (bicyclic) bond motifs is 3. The van der Waals surface area contributed by atoms with Crippen LogP contribution < -0.4 is 15.9 Å². The third-order valence-electron chi connectivity index (χ3n) is 6.42. The SMILES string of the molecule is c1ccc(P(=C2c3ccccc3-c3ccccc32)(c2ccccc2)c2ccccc2)cc1. The maximum atomic E-state index is 2.32. The lowest BCUT2D eigenvalue weighted by Gasteiger charge is -2.32. The summed E-state index contributed by atoms with van der Waals surface area (Å²) in [5, 5.41) is 5.63. The van der Waals surface area contributed by atoms with Crippen LogP contribution in [0.1, 0.15) is 11.1 Å². The van der Waals surface area contributed by atoms with E-state index in [4.69, 9.17) is 0 Å². The molecule has 0 N–H and O–H groups in total. The van der Waals surface area contributed by atoms with Gasteiger partial charge in [-0.15, -0.1) is 0 Å². The van der Waals surface area contributed by atoms with Gasteiger partial charge in [0, 0.05) is 5.29 Å². The van der Waals surface area contributed by atoms with Gasteiger partial charge in [0.05, 0.1) is 0 Å². The summed E-state index contributed by atoms with van der Waals surface area (Å²) in [6.07, 6.45) is 0. The van der Waals surface area contributed by atoms with Crippen molar-refractivity contribution < 1.29 is 0 Å². The molecule has 0 saturated heterocycles. The molecule has 0 spiro atoms. The summed E-state index contributed by atoms with van der Waals surface area (Å²) in [4.78, 5) is 0. The molecule has 1 aliphatic rings. The van der Waals surface area contributed by atoms with E-state index < -0.39 is 6.89 Å². The number of hydrogen-bond donors (Lipinski definition) is 0. The van der Waals surface area contributed by atoms with Crippen LogP contribution in [0.5, 0.6) is 0 Å². The molecule has 0 nitrogen and oxygen atoms in total. The van der Waals surface area contributed by atoms with Crippen LogP contribution in [0.4, 0.5) is 0 Å². The van der Waals surface area contributed by atoms with Crippen molar-refractivity contribution in [3.63, 3.8) is 0 Å². The fourth-order valence-corrected chi connectivity index (χ4v) is 9.78. The highest BCUT2D eigenvalue weighted by molar-refractivity contribution is 7.96. The molecule has 0 fully saturated rings. The zero-order chi connectivity index (χ0) is 21.4. The van der Waals surface area contributed by atoms with Crippen molar-refractivity contribution in [2.24, 2.45) is 0 Å². The second-order valence-corrected chi connectivity index (χ2v) is 11.5. The van der Waals surface area contributed by atoms with Crippen LogP contribution in [0.2, 0.25) is 0 Å². The van der Waals surface area contributed by atoms with E-state index >= 15 is 0 Å². The van der Waals surface area contributed by atoms with Gasteiger partial charge >= 0.3 is 0 Å². The second kappa shape index (κ2) is 7.83. The quantitative estimate of drug-likeness (QED) is 0.294. The van der Waals surface area contributed by atoms with E-state index in [0.29, 0.717) is 0 Å². The average Bonchev–Trinajstić information content (AvgIpc) is 3.22. The molecule has 0 radical (unpaired) electrons. The van der Waals surface area contributed by atoms with Crippen molar-refractivity contribution in [3.8, 4) is 11.1 Å². The minimum atomic E-state index is -2.15. The normalized spacial score (nSPS) is 12.3. The molecule has 0 bridgehead atoms. The molecule has 1 heteroatoms. The summed E-state index contributed by atoms with van der Waals surface area (Å²) in [6.45, 7) is -2.15. The summed E-state index contributed by atoms with van der Waals surface area (Å²) in [6, 6.07) is 51.3. The largest absolute Gasteiger partial charge is 0.0622 e. The van der Waals surface area contributed by atoms with E-state index in [1.807, 2.05) is 0 Å². The van der Waals surface area contributed by atoms with Crippen molar-refractivity contribution in [2.75, 3.05) is 0 Å². The Morgan fingerprint density at radius 3 is 0.906 bits per heavy atom. The summed E-state index contributed by atoms with van der Waals surface area (Å²) in [5.74, 6) is 0. The molecule has 0 unspecified atom stereocenters. The van der Waals surface area contributed by atoms with E-state index in [1.54, 1.807) is 0 Å². The maximum Gasteiger partial charge on any atom is 0.000234 e. The van der Waals surface area contributed by atoms with Gasteiger partial charge in [-0.25, -0.2) is 0 Å².